The van der Waals surface area contributed by atoms with Gasteiger partial charge in [0.15, 0.2) is 0 Å². The highest BCUT2D eigenvalue weighted by molar-refractivity contribution is 5.89. The van der Waals surface area contributed by atoms with Gasteiger partial charge in [-0.1, -0.05) is 0 Å². The lowest BCUT2D eigenvalue weighted by atomic mass is 10.1. The van der Waals surface area contributed by atoms with Crippen molar-refractivity contribution < 1.29 is 27.5 Å². The fourth-order valence-corrected chi connectivity index (χ4v) is 3.02. The minimum absolute atomic E-state index is 0.0292. The third-order valence-corrected chi connectivity index (χ3v) is 4.37. The Kier molecular flexibility index (Phi) is 6.83. The van der Waals surface area contributed by atoms with Gasteiger partial charge in [0.05, 0.1) is 19.3 Å². The molecule has 1 aromatic heterocycles. The van der Waals surface area contributed by atoms with Gasteiger partial charge in [-0.05, 0) is 43.3 Å². The number of nitrogens with zero attached hydrogens (tertiary/aromatic N) is 1. The van der Waals surface area contributed by atoms with Gasteiger partial charge in [0.25, 0.3) is 0 Å². The molecule has 3 rings (SSSR count). The van der Waals surface area contributed by atoms with Crippen molar-refractivity contribution in [3.05, 3.63) is 47.9 Å². The number of rotatable bonds is 7. The standard InChI is InChI=1S/C19H23F2N3O4/c1-13-2-7-17(27-13)16(24-8-10-26-11-9-24)12-22-19(25)23-14-3-5-15(6-4-14)28-18(20)21/h2-7,16,18H,8-12H2,1H3,(H2,22,23,25). The minimum atomic E-state index is -2.88. The van der Waals surface area contributed by atoms with Crippen LogP contribution in [0.15, 0.2) is 40.8 Å². The number of hydrogen-bond donors (Lipinski definition) is 2. The molecule has 1 saturated heterocycles. The first-order valence-corrected chi connectivity index (χ1v) is 8.99. The number of alkyl halides is 2. The van der Waals surface area contributed by atoms with Crippen molar-refractivity contribution in [1.29, 1.82) is 0 Å². The SMILES string of the molecule is Cc1ccc(C(CNC(=O)Nc2ccc(OC(F)F)cc2)N2CCOCC2)o1. The van der Waals surface area contributed by atoms with E-state index in [0.29, 0.717) is 25.4 Å². The Bertz CT molecular complexity index is 761. The first kappa shape index (κ1) is 20.1. The molecule has 2 amide bonds. The van der Waals surface area contributed by atoms with Crippen molar-refractivity contribution in [2.45, 2.75) is 19.6 Å². The fourth-order valence-electron chi connectivity index (χ4n) is 3.02. The van der Waals surface area contributed by atoms with Gasteiger partial charge in [-0.3, -0.25) is 4.90 Å². The summed E-state index contributed by atoms with van der Waals surface area (Å²) < 4.78 is 39.8. The highest BCUT2D eigenvalue weighted by Gasteiger charge is 2.25. The number of anilines is 1. The van der Waals surface area contributed by atoms with E-state index in [2.05, 4.69) is 20.3 Å². The molecule has 152 valence electrons. The average molecular weight is 395 g/mol. The predicted octanol–water partition coefficient (Wildman–Crippen LogP) is 3.38. The number of benzene rings is 1. The summed E-state index contributed by atoms with van der Waals surface area (Å²) in [4.78, 5) is 14.5. The number of morpholine rings is 1. The molecule has 2 aromatic rings. The molecular weight excluding hydrogens is 372 g/mol. The average Bonchev–Trinajstić information content (AvgIpc) is 3.10. The summed E-state index contributed by atoms with van der Waals surface area (Å²) in [7, 11) is 0. The Balaban J connectivity index is 1.57. The van der Waals surface area contributed by atoms with Crippen LogP contribution in [0.3, 0.4) is 0 Å². The molecular formula is C19H23F2N3O4. The summed E-state index contributed by atoms with van der Waals surface area (Å²) in [5.74, 6) is 1.62. The van der Waals surface area contributed by atoms with E-state index in [1.807, 2.05) is 19.1 Å². The Labute approximate surface area is 161 Å². The molecule has 0 spiro atoms. The number of furan rings is 1. The molecule has 1 aromatic carbocycles. The zero-order chi connectivity index (χ0) is 19.9. The number of urea groups is 1. The van der Waals surface area contributed by atoms with Gasteiger partial charge in [0.2, 0.25) is 0 Å². The number of carbonyl (C=O) groups is 1. The smallest absolute Gasteiger partial charge is 0.387 e. The van der Waals surface area contributed by atoms with Crippen LogP contribution in [0.1, 0.15) is 17.6 Å². The monoisotopic (exact) mass is 395 g/mol. The van der Waals surface area contributed by atoms with Crippen LogP contribution in [0.5, 0.6) is 5.75 Å². The van der Waals surface area contributed by atoms with Crippen LogP contribution in [0.25, 0.3) is 0 Å². The number of nitrogens with one attached hydrogen (secondary N) is 2. The van der Waals surface area contributed by atoms with Crippen LogP contribution in [0.4, 0.5) is 19.3 Å². The lowest BCUT2D eigenvalue weighted by Gasteiger charge is -2.33. The number of hydrogen-bond acceptors (Lipinski definition) is 5. The highest BCUT2D eigenvalue weighted by Crippen LogP contribution is 2.23. The number of aryl methyl sites for hydroxylation is 1. The van der Waals surface area contributed by atoms with Crippen molar-refractivity contribution in [2.75, 3.05) is 38.2 Å². The number of carbonyl (C=O) groups excluding carboxylic acids is 1. The second kappa shape index (κ2) is 9.52. The molecule has 0 saturated carbocycles. The van der Waals surface area contributed by atoms with E-state index in [4.69, 9.17) is 9.15 Å². The Morgan fingerprint density at radius 1 is 1.18 bits per heavy atom. The van der Waals surface area contributed by atoms with Gasteiger partial charge in [0, 0.05) is 25.3 Å². The summed E-state index contributed by atoms with van der Waals surface area (Å²) >= 11 is 0. The quantitative estimate of drug-likeness (QED) is 0.752. The first-order chi connectivity index (χ1) is 13.5. The first-order valence-electron chi connectivity index (χ1n) is 8.99. The highest BCUT2D eigenvalue weighted by atomic mass is 19.3. The van der Waals surface area contributed by atoms with Crippen LogP contribution in [0, 0.1) is 6.92 Å². The van der Waals surface area contributed by atoms with Crippen molar-refractivity contribution >= 4 is 11.7 Å². The molecule has 1 aliphatic heterocycles. The van der Waals surface area contributed by atoms with Crippen molar-refractivity contribution in [1.82, 2.24) is 10.2 Å². The van der Waals surface area contributed by atoms with Crippen molar-refractivity contribution in [3.8, 4) is 5.75 Å². The molecule has 28 heavy (non-hydrogen) atoms. The lowest BCUT2D eigenvalue weighted by Crippen LogP contribution is -2.44. The Hall–Kier alpha value is -2.65. The van der Waals surface area contributed by atoms with Crippen LogP contribution >= 0.6 is 0 Å². The van der Waals surface area contributed by atoms with Crippen molar-refractivity contribution in [3.63, 3.8) is 0 Å². The van der Waals surface area contributed by atoms with Crippen molar-refractivity contribution in [2.24, 2.45) is 0 Å². The van der Waals surface area contributed by atoms with Gasteiger partial charge in [0.1, 0.15) is 17.3 Å². The molecule has 7 nitrogen and oxygen atoms in total. The molecule has 1 atom stereocenters. The third-order valence-electron chi connectivity index (χ3n) is 4.37. The maximum absolute atomic E-state index is 12.3. The maximum atomic E-state index is 12.3. The third kappa shape index (κ3) is 5.67. The summed E-state index contributed by atoms with van der Waals surface area (Å²) in [6.45, 7) is 2.11. The Morgan fingerprint density at radius 2 is 1.89 bits per heavy atom. The summed E-state index contributed by atoms with van der Waals surface area (Å²) in [6.07, 6.45) is 0. The van der Waals surface area contributed by atoms with Crippen LogP contribution in [0.2, 0.25) is 0 Å². The maximum Gasteiger partial charge on any atom is 0.387 e. The number of amides is 2. The molecule has 0 bridgehead atoms. The van der Waals surface area contributed by atoms with Gasteiger partial charge in [-0.2, -0.15) is 8.78 Å². The Morgan fingerprint density at radius 3 is 2.50 bits per heavy atom. The van der Waals surface area contributed by atoms with Gasteiger partial charge < -0.3 is 24.5 Å². The summed E-state index contributed by atoms with van der Waals surface area (Å²) in [6, 6.07) is 9.02. The second-order valence-corrected chi connectivity index (χ2v) is 6.35. The van der Waals surface area contributed by atoms with E-state index >= 15 is 0 Å². The van der Waals surface area contributed by atoms with E-state index in [1.54, 1.807) is 0 Å². The molecule has 2 heterocycles. The van der Waals surface area contributed by atoms with Gasteiger partial charge >= 0.3 is 12.6 Å². The molecule has 0 radical (unpaired) electrons. The van der Waals surface area contributed by atoms with Crippen LogP contribution < -0.4 is 15.4 Å². The predicted molar refractivity (Wildman–Crippen MR) is 98.7 cm³/mol. The van der Waals surface area contributed by atoms with Gasteiger partial charge in [-0.25, -0.2) is 4.79 Å². The lowest BCUT2D eigenvalue weighted by molar-refractivity contribution is -0.0498. The van der Waals surface area contributed by atoms with E-state index < -0.39 is 12.6 Å². The normalized spacial score (nSPS) is 16.0. The van der Waals surface area contributed by atoms with E-state index in [9.17, 15) is 13.6 Å². The molecule has 0 aliphatic carbocycles. The molecule has 1 fully saturated rings. The fraction of sp³-hybridized carbons (Fsp3) is 0.421. The topological polar surface area (TPSA) is 76.0 Å². The van der Waals surface area contributed by atoms with Gasteiger partial charge in [-0.15, -0.1) is 0 Å². The number of ether oxygens (including phenoxy) is 2. The van der Waals surface area contributed by atoms with E-state index in [1.165, 1.54) is 24.3 Å². The van der Waals surface area contributed by atoms with Crippen LogP contribution in [-0.4, -0.2) is 50.4 Å². The largest absolute Gasteiger partial charge is 0.465 e. The molecule has 1 aliphatic rings. The van der Waals surface area contributed by atoms with E-state index in [0.717, 1.165) is 24.6 Å². The minimum Gasteiger partial charge on any atom is -0.465 e. The second-order valence-electron chi connectivity index (χ2n) is 6.35. The molecule has 1 unspecified atom stereocenters. The molecule has 2 N–H and O–H groups in total. The summed E-state index contributed by atoms with van der Waals surface area (Å²) in [5, 5.41) is 5.51. The summed E-state index contributed by atoms with van der Waals surface area (Å²) in [5.41, 5.74) is 0.468. The van der Waals surface area contributed by atoms with Crippen LogP contribution in [-0.2, 0) is 4.74 Å². The van der Waals surface area contributed by atoms with E-state index in [-0.39, 0.29) is 11.8 Å². The number of halogens is 2. The zero-order valence-electron chi connectivity index (χ0n) is 15.5. The zero-order valence-corrected chi connectivity index (χ0v) is 15.5. The molecule has 9 heteroatoms.